The molecule has 1 N–H and O–H groups in total. The van der Waals surface area contributed by atoms with Crippen LogP contribution in [0.5, 0.6) is 0 Å². The van der Waals surface area contributed by atoms with Gasteiger partial charge in [0, 0.05) is 11.4 Å². The predicted octanol–water partition coefficient (Wildman–Crippen LogP) is 2.67. The fourth-order valence-electron chi connectivity index (χ4n) is 1.23. The molecule has 0 unspecified atom stereocenters. The Morgan fingerprint density at radius 1 is 1.50 bits per heavy atom. The van der Waals surface area contributed by atoms with E-state index in [1.165, 1.54) is 16.9 Å². The van der Waals surface area contributed by atoms with Gasteiger partial charge in [0.15, 0.2) is 0 Å². The molecule has 0 amide bonds. The Hall–Kier alpha value is -0.340. The smallest absolute Gasteiger partial charge is 0.0210 e. The quantitative estimate of drug-likeness (QED) is 0.756. The number of hydrogen-bond donors (Lipinski definition) is 1. The lowest BCUT2D eigenvalue weighted by Crippen LogP contribution is -2.03. The molecule has 0 aromatic carbocycles. The number of nitrogens with one attached hydrogen (secondary N) is 1. The van der Waals surface area contributed by atoms with Gasteiger partial charge in [-0.15, -0.1) is 11.3 Å². The minimum absolute atomic E-state index is 0.770. The number of thiophene rings is 1. The van der Waals surface area contributed by atoms with E-state index in [-0.39, 0.29) is 0 Å². The molecule has 0 radical (unpaired) electrons. The second kappa shape index (κ2) is 4.63. The van der Waals surface area contributed by atoms with E-state index in [0.29, 0.717) is 0 Å². The summed E-state index contributed by atoms with van der Waals surface area (Å²) in [6.07, 6.45) is 1.22. The molecule has 0 saturated heterocycles. The maximum Gasteiger partial charge on any atom is 0.0210 e. The van der Waals surface area contributed by atoms with Gasteiger partial charge in [0.05, 0.1) is 0 Å². The molecule has 1 aromatic heterocycles. The highest BCUT2D eigenvalue weighted by Gasteiger charge is 2.01. The van der Waals surface area contributed by atoms with Crippen molar-refractivity contribution in [1.29, 1.82) is 0 Å². The van der Waals surface area contributed by atoms with E-state index in [2.05, 4.69) is 30.6 Å². The van der Waals surface area contributed by atoms with E-state index in [0.717, 1.165) is 12.5 Å². The molecule has 1 nitrogen and oxygen atoms in total. The molecule has 0 aliphatic rings. The van der Waals surface area contributed by atoms with Crippen LogP contribution in [0, 0.1) is 5.92 Å². The average molecular weight is 183 g/mol. The second-order valence-corrected chi connectivity index (χ2v) is 4.55. The van der Waals surface area contributed by atoms with E-state index in [1.807, 2.05) is 18.4 Å². The lowest BCUT2D eigenvalue weighted by atomic mass is 10.1. The molecule has 0 fully saturated rings. The van der Waals surface area contributed by atoms with Crippen LogP contribution in [0.1, 0.15) is 24.3 Å². The third-order valence-electron chi connectivity index (χ3n) is 1.70. The van der Waals surface area contributed by atoms with Gasteiger partial charge in [0.25, 0.3) is 0 Å². The average Bonchev–Trinajstić information content (AvgIpc) is 2.36. The Kier molecular flexibility index (Phi) is 3.76. The Labute approximate surface area is 78.8 Å². The predicted molar refractivity (Wildman–Crippen MR) is 55.6 cm³/mol. The summed E-state index contributed by atoms with van der Waals surface area (Å²) in [5.41, 5.74) is 1.41. The Bertz CT molecular complexity index is 227. The van der Waals surface area contributed by atoms with Gasteiger partial charge in [-0.3, -0.25) is 0 Å². The van der Waals surface area contributed by atoms with E-state index < -0.39 is 0 Å². The van der Waals surface area contributed by atoms with Gasteiger partial charge in [-0.25, -0.2) is 0 Å². The summed E-state index contributed by atoms with van der Waals surface area (Å²) in [5.74, 6) is 0.770. The molecule has 0 aliphatic heterocycles. The fourth-order valence-corrected chi connectivity index (χ4v) is 2.34. The first kappa shape index (κ1) is 9.75. The highest BCUT2D eigenvalue weighted by molar-refractivity contribution is 7.10. The molecular formula is C10H17NS. The minimum Gasteiger partial charge on any atom is -0.316 e. The van der Waals surface area contributed by atoms with Crippen molar-refractivity contribution >= 4 is 11.3 Å². The first-order valence-corrected chi connectivity index (χ1v) is 5.31. The summed E-state index contributed by atoms with van der Waals surface area (Å²) in [5, 5.41) is 5.40. The summed E-state index contributed by atoms with van der Waals surface area (Å²) in [6.45, 7) is 5.52. The van der Waals surface area contributed by atoms with Crippen LogP contribution in [-0.4, -0.2) is 7.05 Å². The maximum atomic E-state index is 3.16. The molecule has 0 bridgehead atoms. The minimum atomic E-state index is 0.770. The maximum absolute atomic E-state index is 3.16. The van der Waals surface area contributed by atoms with Crippen LogP contribution in [0.25, 0.3) is 0 Å². The molecule has 0 aliphatic carbocycles. The van der Waals surface area contributed by atoms with Crippen LogP contribution in [0.3, 0.4) is 0 Å². The lowest BCUT2D eigenvalue weighted by molar-refractivity contribution is 0.653. The molecule has 12 heavy (non-hydrogen) atoms. The van der Waals surface area contributed by atoms with Crippen LogP contribution < -0.4 is 5.32 Å². The first-order valence-electron chi connectivity index (χ1n) is 4.43. The Balaban J connectivity index is 2.52. The highest BCUT2D eigenvalue weighted by Crippen LogP contribution is 2.17. The van der Waals surface area contributed by atoms with Crippen LogP contribution in [0.2, 0.25) is 0 Å². The first-order chi connectivity index (χ1) is 5.72. The van der Waals surface area contributed by atoms with Crippen molar-refractivity contribution < 1.29 is 0 Å². The van der Waals surface area contributed by atoms with Crippen molar-refractivity contribution in [2.45, 2.75) is 26.8 Å². The van der Waals surface area contributed by atoms with Crippen LogP contribution in [-0.2, 0) is 13.0 Å². The summed E-state index contributed by atoms with van der Waals surface area (Å²) in [4.78, 5) is 1.51. The van der Waals surface area contributed by atoms with Gasteiger partial charge in [0.2, 0.25) is 0 Å². The van der Waals surface area contributed by atoms with Gasteiger partial charge >= 0.3 is 0 Å². The molecule has 1 heterocycles. The largest absolute Gasteiger partial charge is 0.316 e. The fraction of sp³-hybridized carbons (Fsp3) is 0.600. The summed E-state index contributed by atoms with van der Waals surface area (Å²) >= 11 is 1.88. The van der Waals surface area contributed by atoms with Crippen LogP contribution in [0.4, 0.5) is 0 Å². The molecule has 0 spiro atoms. The van der Waals surface area contributed by atoms with Crippen molar-refractivity contribution in [3.63, 3.8) is 0 Å². The SMILES string of the molecule is CNCc1csc(CC(C)C)c1. The normalized spacial score (nSPS) is 11.0. The summed E-state index contributed by atoms with van der Waals surface area (Å²) in [7, 11) is 1.99. The molecule has 2 heteroatoms. The van der Waals surface area contributed by atoms with E-state index in [9.17, 15) is 0 Å². The highest BCUT2D eigenvalue weighted by atomic mass is 32.1. The van der Waals surface area contributed by atoms with Gasteiger partial charge in [0.1, 0.15) is 0 Å². The van der Waals surface area contributed by atoms with Gasteiger partial charge in [-0.05, 0) is 36.4 Å². The lowest BCUT2D eigenvalue weighted by Gasteiger charge is -1.99. The zero-order chi connectivity index (χ0) is 8.97. The Morgan fingerprint density at radius 3 is 2.83 bits per heavy atom. The van der Waals surface area contributed by atoms with E-state index >= 15 is 0 Å². The molecule has 68 valence electrons. The standard InChI is InChI=1S/C10H17NS/c1-8(2)4-10-5-9(6-11-3)7-12-10/h5,7-8,11H,4,6H2,1-3H3. The Morgan fingerprint density at radius 2 is 2.25 bits per heavy atom. The van der Waals surface area contributed by atoms with Crippen molar-refractivity contribution in [1.82, 2.24) is 5.32 Å². The zero-order valence-electron chi connectivity index (χ0n) is 8.05. The second-order valence-electron chi connectivity index (χ2n) is 3.55. The summed E-state index contributed by atoms with van der Waals surface area (Å²) < 4.78 is 0. The third kappa shape index (κ3) is 2.95. The molecule has 0 saturated carbocycles. The van der Waals surface area contributed by atoms with Gasteiger partial charge in [-0.1, -0.05) is 13.8 Å². The van der Waals surface area contributed by atoms with Crippen LogP contribution in [0.15, 0.2) is 11.4 Å². The van der Waals surface area contributed by atoms with Gasteiger partial charge < -0.3 is 5.32 Å². The van der Waals surface area contributed by atoms with Crippen molar-refractivity contribution in [3.05, 3.63) is 21.9 Å². The third-order valence-corrected chi connectivity index (χ3v) is 2.71. The van der Waals surface area contributed by atoms with Crippen molar-refractivity contribution in [3.8, 4) is 0 Å². The number of rotatable bonds is 4. The topological polar surface area (TPSA) is 12.0 Å². The van der Waals surface area contributed by atoms with Gasteiger partial charge in [-0.2, -0.15) is 0 Å². The molecule has 1 aromatic rings. The van der Waals surface area contributed by atoms with Crippen LogP contribution >= 0.6 is 11.3 Å². The molecule has 1 rings (SSSR count). The number of hydrogen-bond acceptors (Lipinski definition) is 2. The summed E-state index contributed by atoms with van der Waals surface area (Å²) in [6, 6.07) is 2.31. The van der Waals surface area contributed by atoms with Crippen molar-refractivity contribution in [2.75, 3.05) is 7.05 Å². The zero-order valence-corrected chi connectivity index (χ0v) is 8.87. The monoisotopic (exact) mass is 183 g/mol. The molecular weight excluding hydrogens is 166 g/mol. The van der Waals surface area contributed by atoms with E-state index in [1.54, 1.807) is 0 Å². The molecule has 0 atom stereocenters. The van der Waals surface area contributed by atoms with E-state index in [4.69, 9.17) is 0 Å². The van der Waals surface area contributed by atoms with Crippen molar-refractivity contribution in [2.24, 2.45) is 5.92 Å².